The first-order chi connectivity index (χ1) is 16.8. The van der Waals surface area contributed by atoms with Crippen LogP contribution in [0.2, 0.25) is 0 Å². The number of carbonyl (C=O) groups excluding carboxylic acids is 1. The Bertz CT molecular complexity index is 990. The van der Waals surface area contributed by atoms with E-state index in [0.717, 1.165) is 0 Å². The lowest BCUT2D eigenvalue weighted by Gasteiger charge is -2.32. The van der Waals surface area contributed by atoms with Gasteiger partial charge < -0.3 is 15.8 Å². The molecule has 1 aliphatic carbocycles. The molecule has 36 heavy (non-hydrogen) atoms. The van der Waals surface area contributed by atoms with Crippen molar-refractivity contribution in [2.75, 3.05) is 0 Å². The van der Waals surface area contributed by atoms with E-state index in [1.54, 1.807) is 19.1 Å². The quantitative estimate of drug-likeness (QED) is 0.325. The highest BCUT2D eigenvalue weighted by Gasteiger charge is 2.42. The Morgan fingerprint density at radius 1 is 1.03 bits per heavy atom. The van der Waals surface area contributed by atoms with E-state index in [-0.39, 0.29) is 29.6 Å². The summed E-state index contributed by atoms with van der Waals surface area (Å²) in [5.41, 5.74) is 3.53. The summed E-state index contributed by atoms with van der Waals surface area (Å²) in [4.78, 5) is 11.2. The number of halogens is 7. The van der Waals surface area contributed by atoms with Gasteiger partial charge in [0.05, 0.1) is 23.8 Å². The maximum absolute atomic E-state index is 13.6. The fourth-order valence-corrected chi connectivity index (χ4v) is 4.94. The lowest BCUT2D eigenvalue weighted by molar-refractivity contribution is -0.143. The third kappa shape index (κ3) is 6.97. The average Bonchev–Trinajstić information content (AvgIpc) is 3.20. The number of amides is 1. The van der Waals surface area contributed by atoms with Crippen molar-refractivity contribution in [3.63, 3.8) is 0 Å². The Morgan fingerprint density at radius 2 is 1.61 bits per heavy atom. The van der Waals surface area contributed by atoms with Gasteiger partial charge in [0.1, 0.15) is 5.82 Å². The van der Waals surface area contributed by atoms with Crippen LogP contribution in [0.1, 0.15) is 54.4 Å². The maximum Gasteiger partial charge on any atom is 0.416 e. The minimum atomic E-state index is -4.96. The molecule has 0 aliphatic heterocycles. The fourth-order valence-electron chi connectivity index (χ4n) is 4.94. The number of carbonyl (C=O) groups is 1. The summed E-state index contributed by atoms with van der Waals surface area (Å²) in [5.74, 6) is -1.05. The van der Waals surface area contributed by atoms with Crippen molar-refractivity contribution in [1.29, 1.82) is 0 Å². The number of nitrogens with one attached hydrogen (secondary N) is 1. The standard InChI is InChI=1S/C25H27F7N2O2/c1-14(33)8-21(34-13-35)20-6-7-22(23(20)16-2-4-19(26)5-3-16)36-12-15-9-17(24(27,28)29)11-18(10-15)25(30,31)32/h2-5,9-11,13-14,20-23H,6-8,12,33H2,1H3,(H,34,35)/t14-,20-,21+,22-,23-/m0/s1. The van der Waals surface area contributed by atoms with Gasteiger partial charge in [-0.05, 0) is 73.6 Å². The second-order valence-electron chi connectivity index (χ2n) is 9.19. The molecule has 4 nitrogen and oxygen atoms in total. The Kier molecular flexibility index (Phi) is 8.66. The predicted molar refractivity (Wildman–Crippen MR) is 118 cm³/mol. The smallest absolute Gasteiger partial charge is 0.373 e. The predicted octanol–water partition coefficient (Wildman–Crippen LogP) is 5.79. The molecule has 1 fully saturated rings. The molecule has 0 radical (unpaired) electrons. The summed E-state index contributed by atoms with van der Waals surface area (Å²) in [6, 6.07) is 6.40. The molecule has 0 saturated heterocycles. The van der Waals surface area contributed by atoms with Gasteiger partial charge in [-0.3, -0.25) is 4.79 Å². The van der Waals surface area contributed by atoms with Crippen LogP contribution >= 0.6 is 0 Å². The highest BCUT2D eigenvalue weighted by molar-refractivity contribution is 5.47. The summed E-state index contributed by atoms with van der Waals surface area (Å²) >= 11 is 0. The summed E-state index contributed by atoms with van der Waals surface area (Å²) in [6.45, 7) is 1.29. The number of rotatable bonds is 9. The van der Waals surface area contributed by atoms with Gasteiger partial charge in [-0.2, -0.15) is 26.3 Å². The number of benzene rings is 2. The van der Waals surface area contributed by atoms with E-state index in [2.05, 4.69) is 5.32 Å². The number of alkyl halides is 6. The zero-order valence-corrected chi connectivity index (χ0v) is 19.4. The van der Waals surface area contributed by atoms with Gasteiger partial charge in [-0.25, -0.2) is 4.39 Å². The summed E-state index contributed by atoms with van der Waals surface area (Å²) < 4.78 is 98.8. The monoisotopic (exact) mass is 520 g/mol. The van der Waals surface area contributed by atoms with Gasteiger partial charge >= 0.3 is 12.4 Å². The highest BCUT2D eigenvalue weighted by Crippen LogP contribution is 2.45. The van der Waals surface area contributed by atoms with Gasteiger partial charge in [0.25, 0.3) is 0 Å². The zero-order valence-electron chi connectivity index (χ0n) is 19.4. The van der Waals surface area contributed by atoms with E-state index in [1.807, 2.05) is 0 Å². The van der Waals surface area contributed by atoms with Crippen LogP contribution in [0.4, 0.5) is 30.7 Å². The van der Waals surface area contributed by atoms with Crippen molar-refractivity contribution in [1.82, 2.24) is 5.32 Å². The first-order valence-corrected chi connectivity index (χ1v) is 11.4. The Balaban J connectivity index is 1.90. The first-order valence-electron chi connectivity index (χ1n) is 11.4. The Hall–Kier alpha value is -2.66. The molecule has 0 spiro atoms. The van der Waals surface area contributed by atoms with Crippen molar-refractivity contribution >= 4 is 6.41 Å². The highest BCUT2D eigenvalue weighted by atomic mass is 19.4. The first kappa shape index (κ1) is 27.9. The molecular weight excluding hydrogens is 493 g/mol. The van der Waals surface area contributed by atoms with Gasteiger partial charge in [0.15, 0.2) is 0 Å². The molecule has 0 unspecified atom stereocenters. The molecule has 2 aromatic rings. The topological polar surface area (TPSA) is 64.3 Å². The molecule has 1 amide bonds. The largest absolute Gasteiger partial charge is 0.416 e. The fraction of sp³-hybridized carbons (Fsp3) is 0.480. The maximum atomic E-state index is 13.6. The van der Waals surface area contributed by atoms with Gasteiger partial charge in [0.2, 0.25) is 6.41 Å². The van der Waals surface area contributed by atoms with Crippen molar-refractivity contribution in [2.45, 2.75) is 69.3 Å². The van der Waals surface area contributed by atoms with Crippen LogP contribution in [0.5, 0.6) is 0 Å². The van der Waals surface area contributed by atoms with Crippen LogP contribution in [-0.4, -0.2) is 24.6 Å². The van der Waals surface area contributed by atoms with Crippen LogP contribution in [0, 0.1) is 11.7 Å². The third-order valence-electron chi connectivity index (χ3n) is 6.44. The summed E-state index contributed by atoms with van der Waals surface area (Å²) in [7, 11) is 0. The second-order valence-corrected chi connectivity index (χ2v) is 9.19. The van der Waals surface area contributed by atoms with Crippen molar-refractivity contribution < 1.29 is 40.3 Å². The van der Waals surface area contributed by atoms with Crippen LogP contribution in [0.3, 0.4) is 0 Å². The molecule has 0 heterocycles. The van der Waals surface area contributed by atoms with Crippen molar-refractivity contribution in [3.8, 4) is 0 Å². The molecular formula is C25H27F7N2O2. The number of nitrogens with two attached hydrogens (primary N) is 1. The molecule has 2 aromatic carbocycles. The molecule has 3 N–H and O–H groups in total. The van der Waals surface area contributed by atoms with E-state index >= 15 is 0 Å². The zero-order chi connectivity index (χ0) is 26.7. The van der Waals surface area contributed by atoms with E-state index in [4.69, 9.17) is 10.5 Å². The minimum Gasteiger partial charge on any atom is -0.373 e. The van der Waals surface area contributed by atoms with E-state index in [1.165, 1.54) is 12.1 Å². The third-order valence-corrected chi connectivity index (χ3v) is 6.44. The van der Waals surface area contributed by atoms with Gasteiger partial charge in [-0.15, -0.1) is 0 Å². The lowest BCUT2D eigenvalue weighted by atomic mass is 9.81. The molecule has 198 valence electrons. The lowest BCUT2D eigenvalue weighted by Crippen LogP contribution is -2.41. The van der Waals surface area contributed by atoms with Crippen LogP contribution in [0.25, 0.3) is 0 Å². The van der Waals surface area contributed by atoms with E-state index in [0.29, 0.717) is 43.4 Å². The molecule has 0 aromatic heterocycles. The van der Waals surface area contributed by atoms with E-state index in [9.17, 15) is 35.5 Å². The van der Waals surface area contributed by atoms with E-state index < -0.39 is 47.9 Å². The molecule has 1 aliphatic rings. The SMILES string of the molecule is C[C@H](N)C[C@@H](NC=O)[C@@H]1CC[C@H](OCc2cc(C(F)(F)F)cc(C(F)(F)F)c2)[C@H]1c1ccc(F)cc1. The van der Waals surface area contributed by atoms with Crippen molar-refractivity contribution in [2.24, 2.45) is 11.7 Å². The number of hydrogen-bond donors (Lipinski definition) is 2. The minimum absolute atomic E-state index is 0.0695. The number of ether oxygens (including phenoxy) is 1. The van der Waals surface area contributed by atoms with Crippen LogP contribution in [-0.2, 0) is 28.5 Å². The molecule has 0 bridgehead atoms. The average molecular weight is 520 g/mol. The van der Waals surface area contributed by atoms with Crippen molar-refractivity contribution in [3.05, 3.63) is 70.5 Å². The van der Waals surface area contributed by atoms with Gasteiger partial charge in [-0.1, -0.05) is 12.1 Å². The molecule has 11 heteroatoms. The Morgan fingerprint density at radius 3 is 2.11 bits per heavy atom. The molecule has 3 rings (SSSR count). The molecule has 1 saturated carbocycles. The van der Waals surface area contributed by atoms with Crippen LogP contribution < -0.4 is 11.1 Å². The van der Waals surface area contributed by atoms with Gasteiger partial charge in [0, 0.05) is 18.0 Å². The Labute approximate surface area is 204 Å². The normalized spacial score (nSPS) is 22.3. The summed E-state index contributed by atoms with van der Waals surface area (Å²) in [5, 5.41) is 2.77. The molecule has 5 atom stereocenters. The van der Waals surface area contributed by atoms with Crippen LogP contribution in [0.15, 0.2) is 42.5 Å². The number of hydrogen-bond acceptors (Lipinski definition) is 3. The second kappa shape index (κ2) is 11.2. The summed E-state index contributed by atoms with van der Waals surface area (Å²) in [6.07, 6.45) is -8.51.